The van der Waals surface area contributed by atoms with Crippen molar-refractivity contribution >= 4 is 52.1 Å². The molecule has 1 aliphatic rings. The van der Waals surface area contributed by atoms with Crippen molar-refractivity contribution in [1.29, 1.82) is 0 Å². The zero-order valence-corrected chi connectivity index (χ0v) is 23.6. The third kappa shape index (κ3) is 5.37. The number of carbonyl (C=O) groups is 1. The zero-order valence-electron chi connectivity index (χ0n) is 21.3. The quantitative estimate of drug-likeness (QED) is 0.231. The van der Waals surface area contributed by atoms with E-state index in [4.69, 9.17) is 35.4 Å². The summed E-state index contributed by atoms with van der Waals surface area (Å²) >= 11 is 18.7. The highest BCUT2D eigenvalue weighted by atomic mass is 35.5. The molecule has 10 heteroatoms. The molecule has 2 aromatic carbocycles. The van der Waals surface area contributed by atoms with Crippen LogP contribution >= 0.6 is 35.4 Å². The number of hydrogen-bond donors (Lipinski definition) is 2. The molecule has 0 aliphatic carbocycles. The Labute approximate surface area is 241 Å². The van der Waals surface area contributed by atoms with Gasteiger partial charge in [0.2, 0.25) is 5.91 Å². The summed E-state index contributed by atoms with van der Waals surface area (Å²) in [4.78, 5) is 19.4. The zero-order chi connectivity index (χ0) is 27.7. The Morgan fingerprint density at radius 1 is 1.10 bits per heavy atom. The molecule has 1 fully saturated rings. The van der Waals surface area contributed by atoms with Crippen LogP contribution in [0.15, 0.2) is 72.9 Å². The smallest absolute Gasteiger partial charge is 0.226 e. The van der Waals surface area contributed by atoms with E-state index in [2.05, 4.69) is 26.3 Å². The first kappa shape index (κ1) is 27.1. The van der Waals surface area contributed by atoms with Crippen LogP contribution in [0.4, 0.5) is 10.1 Å². The second kappa shape index (κ2) is 11.3. The second-order valence-electron chi connectivity index (χ2n) is 9.33. The predicted molar refractivity (Wildman–Crippen MR) is 157 cm³/mol. The van der Waals surface area contributed by atoms with Gasteiger partial charge in [-0.25, -0.2) is 4.39 Å². The van der Waals surface area contributed by atoms with Crippen LogP contribution in [0.3, 0.4) is 0 Å². The van der Waals surface area contributed by atoms with Crippen LogP contribution in [0, 0.1) is 19.7 Å². The number of nitrogens with one attached hydrogen (secondary N) is 2. The number of para-hydroxylation sites is 1. The lowest BCUT2D eigenvalue weighted by atomic mass is 9.96. The van der Waals surface area contributed by atoms with E-state index in [0.29, 0.717) is 21.7 Å². The number of anilines is 1. The Morgan fingerprint density at radius 3 is 2.62 bits per heavy atom. The largest absolute Gasteiger partial charge is 0.352 e. The molecular formula is C29H26Cl2FN5OS. The molecule has 2 N–H and O–H groups in total. The van der Waals surface area contributed by atoms with Crippen LogP contribution in [-0.4, -0.2) is 32.0 Å². The third-order valence-electron chi connectivity index (χ3n) is 6.89. The van der Waals surface area contributed by atoms with Gasteiger partial charge >= 0.3 is 0 Å². The van der Waals surface area contributed by atoms with Crippen LogP contribution in [0.2, 0.25) is 10.0 Å². The molecule has 200 valence electrons. The maximum absolute atomic E-state index is 14.1. The SMILES string of the molecule is Cc1cc([C@@H]2[C@@H](c3ccccn3)NC(=S)N2CCC(=O)Nc2ccccc2F)c(C)n1-c1cccc(Cl)c1Cl. The van der Waals surface area contributed by atoms with Gasteiger partial charge in [-0.3, -0.25) is 9.78 Å². The topological polar surface area (TPSA) is 62.2 Å². The van der Waals surface area contributed by atoms with Crippen molar-refractivity contribution in [3.63, 3.8) is 0 Å². The first-order valence-corrected chi connectivity index (χ1v) is 13.6. The number of rotatable bonds is 7. The van der Waals surface area contributed by atoms with E-state index in [1.165, 1.54) is 12.1 Å². The molecule has 1 aliphatic heterocycles. The molecule has 1 amide bonds. The molecule has 0 spiro atoms. The minimum atomic E-state index is -0.482. The molecule has 0 saturated carbocycles. The number of amides is 1. The number of carbonyl (C=O) groups excluding carboxylic acids is 1. The van der Waals surface area contributed by atoms with Crippen LogP contribution in [0.25, 0.3) is 5.69 Å². The normalized spacial score (nSPS) is 16.8. The molecule has 2 aromatic heterocycles. The number of aryl methyl sites for hydroxylation is 1. The average Bonchev–Trinajstić information content (AvgIpc) is 3.40. The summed E-state index contributed by atoms with van der Waals surface area (Å²) in [5.74, 6) is -0.788. The van der Waals surface area contributed by atoms with Gasteiger partial charge in [0.05, 0.1) is 39.2 Å². The summed E-state index contributed by atoms with van der Waals surface area (Å²) in [5, 5.41) is 7.53. The predicted octanol–water partition coefficient (Wildman–Crippen LogP) is 6.94. The summed E-state index contributed by atoms with van der Waals surface area (Å²) in [5.41, 5.74) is 4.71. The van der Waals surface area contributed by atoms with Gasteiger partial charge in [-0.2, -0.15) is 0 Å². The van der Waals surface area contributed by atoms with Crippen molar-refractivity contribution in [1.82, 2.24) is 19.8 Å². The number of hydrogen-bond acceptors (Lipinski definition) is 3. The van der Waals surface area contributed by atoms with E-state index in [1.807, 2.05) is 49.1 Å². The number of thiocarbonyl (C=S) groups is 1. The van der Waals surface area contributed by atoms with Gasteiger partial charge in [-0.05, 0) is 74.1 Å². The van der Waals surface area contributed by atoms with Crippen LogP contribution < -0.4 is 10.6 Å². The maximum atomic E-state index is 14.1. The Kier molecular flexibility index (Phi) is 7.88. The highest BCUT2D eigenvalue weighted by molar-refractivity contribution is 7.80. The van der Waals surface area contributed by atoms with E-state index in [1.54, 1.807) is 24.4 Å². The minimum absolute atomic E-state index is 0.112. The van der Waals surface area contributed by atoms with E-state index in [-0.39, 0.29) is 30.1 Å². The summed E-state index contributed by atoms with van der Waals surface area (Å²) < 4.78 is 16.1. The van der Waals surface area contributed by atoms with Crippen molar-refractivity contribution in [3.8, 4) is 5.69 Å². The van der Waals surface area contributed by atoms with Gasteiger partial charge in [-0.1, -0.05) is 47.5 Å². The Morgan fingerprint density at radius 2 is 1.87 bits per heavy atom. The van der Waals surface area contributed by atoms with Gasteiger partial charge < -0.3 is 20.1 Å². The standard InChI is InChI=1S/C29H26Cl2FN5OS/c1-17-16-19(18(2)37(17)24-12-7-8-20(30)26(24)31)28-27(23-11-5-6-14-33-23)35-29(39)36(28)15-13-25(38)34-22-10-4-3-9-21(22)32/h3-12,14,16,27-28H,13,15H2,1-2H3,(H,34,38)(H,35,39)/t27-,28-/m1/s1. The van der Waals surface area contributed by atoms with E-state index in [0.717, 1.165) is 28.3 Å². The van der Waals surface area contributed by atoms with E-state index >= 15 is 0 Å². The van der Waals surface area contributed by atoms with Crippen molar-refractivity contribution in [2.45, 2.75) is 32.4 Å². The number of benzene rings is 2. The maximum Gasteiger partial charge on any atom is 0.226 e. The highest BCUT2D eigenvalue weighted by Crippen LogP contribution is 2.42. The number of nitrogens with zero attached hydrogens (tertiary/aromatic N) is 3. The van der Waals surface area contributed by atoms with Crippen molar-refractivity contribution in [3.05, 3.63) is 111 Å². The second-order valence-corrected chi connectivity index (χ2v) is 10.5. The van der Waals surface area contributed by atoms with Gasteiger partial charge in [0.15, 0.2) is 5.11 Å². The average molecular weight is 583 g/mol. The Bertz CT molecular complexity index is 1540. The molecule has 3 heterocycles. The minimum Gasteiger partial charge on any atom is -0.352 e. The van der Waals surface area contributed by atoms with Crippen LogP contribution in [-0.2, 0) is 4.79 Å². The van der Waals surface area contributed by atoms with Gasteiger partial charge in [-0.15, -0.1) is 0 Å². The number of aromatic nitrogens is 2. The summed E-state index contributed by atoms with van der Waals surface area (Å²) in [6, 6.07) is 19.0. The molecule has 0 radical (unpaired) electrons. The fraction of sp³-hybridized carbons (Fsp3) is 0.207. The van der Waals surface area contributed by atoms with Crippen LogP contribution in [0.5, 0.6) is 0 Å². The van der Waals surface area contributed by atoms with Crippen molar-refractivity contribution in [2.24, 2.45) is 0 Å². The molecule has 2 atom stereocenters. The third-order valence-corrected chi connectivity index (χ3v) is 8.05. The lowest BCUT2D eigenvalue weighted by molar-refractivity contribution is -0.116. The summed E-state index contributed by atoms with van der Waals surface area (Å²) in [7, 11) is 0. The molecular weight excluding hydrogens is 556 g/mol. The van der Waals surface area contributed by atoms with E-state index < -0.39 is 5.82 Å². The molecule has 0 bridgehead atoms. The van der Waals surface area contributed by atoms with Crippen molar-refractivity contribution in [2.75, 3.05) is 11.9 Å². The molecule has 1 saturated heterocycles. The monoisotopic (exact) mass is 581 g/mol. The van der Waals surface area contributed by atoms with Crippen LogP contribution in [0.1, 0.15) is 41.1 Å². The highest BCUT2D eigenvalue weighted by Gasteiger charge is 2.41. The molecule has 0 unspecified atom stereocenters. The first-order chi connectivity index (χ1) is 18.8. The summed E-state index contributed by atoms with van der Waals surface area (Å²) in [6.07, 6.45) is 1.86. The number of pyridine rings is 1. The molecule has 39 heavy (non-hydrogen) atoms. The molecule has 4 aromatic rings. The first-order valence-electron chi connectivity index (χ1n) is 12.4. The summed E-state index contributed by atoms with van der Waals surface area (Å²) in [6.45, 7) is 4.36. The lowest BCUT2D eigenvalue weighted by Gasteiger charge is -2.28. The van der Waals surface area contributed by atoms with E-state index in [9.17, 15) is 9.18 Å². The van der Waals surface area contributed by atoms with Crippen molar-refractivity contribution < 1.29 is 9.18 Å². The van der Waals surface area contributed by atoms with Gasteiger partial charge in [0.1, 0.15) is 5.82 Å². The number of halogens is 3. The fourth-order valence-electron chi connectivity index (χ4n) is 5.10. The molecule has 6 nitrogen and oxygen atoms in total. The van der Waals surface area contributed by atoms with Gasteiger partial charge in [0.25, 0.3) is 0 Å². The lowest BCUT2D eigenvalue weighted by Crippen LogP contribution is -2.33. The Balaban J connectivity index is 1.50. The Hall–Kier alpha value is -3.46. The van der Waals surface area contributed by atoms with Gasteiger partial charge in [0, 0.05) is 30.6 Å². The fourth-order valence-corrected chi connectivity index (χ4v) is 5.82. The molecule has 5 rings (SSSR count).